The Morgan fingerprint density at radius 2 is 1.72 bits per heavy atom. The van der Waals surface area contributed by atoms with Gasteiger partial charge in [0.15, 0.2) is 0 Å². The summed E-state index contributed by atoms with van der Waals surface area (Å²) in [5.41, 5.74) is -1.76. The predicted octanol–water partition coefficient (Wildman–Crippen LogP) is 6.02. The number of rotatable bonds is 9. The monoisotopic (exact) mass is 603 g/mol. The number of hydrogen-bond acceptors (Lipinski definition) is 5. The van der Waals surface area contributed by atoms with E-state index in [4.69, 9.17) is 4.74 Å². The lowest BCUT2D eigenvalue weighted by Crippen LogP contribution is -2.54. The van der Waals surface area contributed by atoms with Gasteiger partial charge in [0.25, 0.3) is 5.91 Å². The van der Waals surface area contributed by atoms with E-state index in [-0.39, 0.29) is 25.0 Å². The summed E-state index contributed by atoms with van der Waals surface area (Å²) in [6, 6.07) is 9.08. The van der Waals surface area contributed by atoms with E-state index in [1.54, 1.807) is 13.8 Å². The molecular weight excluding hydrogens is 563 g/mol. The maximum absolute atomic E-state index is 13.9. The molecule has 2 unspecified atom stereocenters. The number of hydrogen-bond donors (Lipinski definition) is 1. The molecule has 3 heterocycles. The molecule has 2 aromatic rings. The lowest BCUT2D eigenvalue weighted by Gasteiger charge is -2.43. The van der Waals surface area contributed by atoms with Crippen molar-refractivity contribution in [2.24, 2.45) is 11.3 Å². The smallest absolute Gasteiger partial charge is 0.418 e. The number of halogens is 3. The van der Waals surface area contributed by atoms with Gasteiger partial charge in [-0.2, -0.15) is 13.2 Å². The van der Waals surface area contributed by atoms with Crippen LogP contribution in [0.25, 0.3) is 0 Å². The molecule has 11 heteroatoms. The highest BCUT2D eigenvalue weighted by atomic mass is 19.4. The first-order valence-electron chi connectivity index (χ1n) is 14.9. The van der Waals surface area contributed by atoms with Crippen LogP contribution < -0.4 is 4.74 Å². The van der Waals surface area contributed by atoms with E-state index in [0.29, 0.717) is 57.4 Å². The average Bonchev–Trinajstić information content (AvgIpc) is 2.99. The summed E-state index contributed by atoms with van der Waals surface area (Å²) >= 11 is 0. The van der Waals surface area contributed by atoms with Crippen LogP contribution in [0.15, 0.2) is 42.6 Å². The first-order valence-corrected chi connectivity index (χ1v) is 14.9. The number of nitrogens with zero attached hydrogens (tertiary/aromatic N) is 3. The maximum atomic E-state index is 13.9. The summed E-state index contributed by atoms with van der Waals surface area (Å²) in [6.45, 7) is 6.45. The number of carbonyl (C=O) groups is 3. The number of benzene rings is 1. The van der Waals surface area contributed by atoms with Gasteiger partial charge in [-0.05, 0) is 75.6 Å². The molecule has 2 aliphatic heterocycles. The van der Waals surface area contributed by atoms with E-state index < -0.39 is 46.7 Å². The van der Waals surface area contributed by atoms with E-state index in [0.717, 1.165) is 17.7 Å². The standard InChI is InChI=1S/C32H40F3N3O5/c1-4-9-25-23(11-8-17-38(25)29(40)27-24(32(33,34)35)12-7-16-36-27)28(39)37-18-14-21(15-19-37)22-10-5-6-13-26(22)43-20-31(2,3)30(41)42/h5-7,10,12-13,16,21,23,25H,4,8-9,11,14-15,17-20H2,1-3H3,(H,41,42). The van der Waals surface area contributed by atoms with Gasteiger partial charge in [0, 0.05) is 31.9 Å². The molecular formula is C32H40F3N3O5. The molecule has 2 saturated heterocycles. The number of likely N-dealkylation sites (tertiary alicyclic amines) is 2. The highest BCUT2D eigenvalue weighted by molar-refractivity contribution is 5.95. The minimum Gasteiger partial charge on any atom is -0.492 e. The minimum absolute atomic E-state index is 0.0232. The molecule has 43 heavy (non-hydrogen) atoms. The predicted molar refractivity (Wildman–Crippen MR) is 154 cm³/mol. The molecule has 1 aromatic heterocycles. The average molecular weight is 604 g/mol. The van der Waals surface area contributed by atoms with Gasteiger partial charge in [-0.1, -0.05) is 31.5 Å². The highest BCUT2D eigenvalue weighted by Crippen LogP contribution is 2.38. The number of para-hydroxylation sites is 1. The van der Waals surface area contributed by atoms with Crippen LogP contribution in [0.1, 0.15) is 86.8 Å². The first kappa shape index (κ1) is 32.3. The molecule has 1 aromatic carbocycles. The number of ether oxygens (including phenoxy) is 1. The van der Waals surface area contributed by atoms with Crippen LogP contribution in [0, 0.1) is 11.3 Å². The van der Waals surface area contributed by atoms with Gasteiger partial charge >= 0.3 is 12.1 Å². The van der Waals surface area contributed by atoms with Gasteiger partial charge in [0.05, 0.1) is 16.9 Å². The fourth-order valence-corrected chi connectivity index (χ4v) is 6.11. The zero-order valence-electron chi connectivity index (χ0n) is 24.9. The number of carboxylic acid groups (broad SMARTS) is 1. The molecule has 2 aliphatic rings. The molecule has 0 saturated carbocycles. The van der Waals surface area contributed by atoms with E-state index in [1.807, 2.05) is 36.1 Å². The Morgan fingerprint density at radius 3 is 2.37 bits per heavy atom. The maximum Gasteiger partial charge on any atom is 0.418 e. The van der Waals surface area contributed by atoms with Crippen molar-refractivity contribution >= 4 is 17.8 Å². The van der Waals surface area contributed by atoms with Crippen molar-refractivity contribution in [3.8, 4) is 5.75 Å². The number of amides is 2. The number of aromatic nitrogens is 1. The summed E-state index contributed by atoms with van der Waals surface area (Å²) in [5.74, 6) is -1.54. The van der Waals surface area contributed by atoms with Gasteiger partial charge < -0.3 is 19.6 Å². The van der Waals surface area contributed by atoms with Crippen molar-refractivity contribution in [3.05, 3.63) is 59.4 Å². The van der Waals surface area contributed by atoms with Crippen molar-refractivity contribution in [3.63, 3.8) is 0 Å². The van der Waals surface area contributed by atoms with E-state index >= 15 is 0 Å². The summed E-state index contributed by atoms with van der Waals surface area (Å²) in [7, 11) is 0. The lowest BCUT2D eigenvalue weighted by atomic mass is 9.83. The third kappa shape index (κ3) is 7.30. The third-order valence-corrected chi connectivity index (χ3v) is 8.59. The number of carboxylic acids is 1. The van der Waals surface area contributed by atoms with Gasteiger partial charge in [0.2, 0.25) is 5.91 Å². The molecule has 234 valence electrons. The molecule has 0 bridgehead atoms. The molecule has 2 fully saturated rings. The van der Waals surface area contributed by atoms with E-state index in [2.05, 4.69) is 4.98 Å². The number of alkyl halides is 3. The van der Waals surface area contributed by atoms with Crippen LogP contribution in [0.2, 0.25) is 0 Å². The van der Waals surface area contributed by atoms with Crippen LogP contribution in [0.3, 0.4) is 0 Å². The first-order chi connectivity index (χ1) is 20.3. The van der Waals surface area contributed by atoms with Crippen LogP contribution in [0.5, 0.6) is 5.75 Å². The SMILES string of the molecule is CCCC1C(C(=O)N2CCC(c3ccccc3OCC(C)(C)C(=O)O)CC2)CCCN1C(=O)c1ncccc1C(F)(F)F. The molecule has 0 aliphatic carbocycles. The van der Waals surface area contributed by atoms with Gasteiger partial charge in [-0.25, -0.2) is 0 Å². The second-order valence-electron chi connectivity index (χ2n) is 12.1. The van der Waals surface area contributed by atoms with Crippen molar-refractivity contribution in [2.75, 3.05) is 26.2 Å². The molecule has 8 nitrogen and oxygen atoms in total. The highest BCUT2D eigenvalue weighted by Gasteiger charge is 2.43. The molecule has 2 amide bonds. The Balaban J connectivity index is 1.46. The quantitative estimate of drug-likeness (QED) is 0.377. The zero-order chi connectivity index (χ0) is 31.4. The third-order valence-electron chi connectivity index (χ3n) is 8.59. The van der Waals surface area contributed by atoms with Crippen molar-refractivity contribution < 1.29 is 37.4 Å². The van der Waals surface area contributed by atoms with E-state index in [1.165, 1.54) is 11.1 Å². The normalized spacial score (nSPS) is 20.1. The topological polar surface area (TPSA) is 100 Å². The van der Waals surface area contributed by atoms with Crippen molar-refractivity contribution in [2.45, 2.75) is 77.4 Å². The van der Waals surface area contributed by atoms with E-state index in [9.17, 15) is 32.7 Å². The molecule has 4 rings (SSSR count). The summed E-state index contributed by atoms with van der Waals surface area (Å²) in [4.78, 5) is 45.9. The largest absolute Gasteiger partial charge is 0.492 e. The van der Waals surface area contributed by atoms with Crippen LogP contribution in [0.4, 0.5) is 13.2 Å². The Morgan fingerprint density at radius 1 is 1.02 bits per heavy atom. The number of pyridine rings is 1. The van der Waals surface area contributed by atoms with Crippen LogP contribution >= 0.6 is 0 Å². The van der Waals surface area contributed by atoms with Crippen LogP contribution in [-0.2, 0) is 15.8 Å². The second kappa shape index (κ2) is 13.3. The fourth-order valence-electron chi connectivity index (χ4n) is 6.11. The molecule has 2 atom stereocenters. The number of piperidine rings is 2. The lowest BCUT2D eigenvalue weighted by molar-refractivity contribution is -0.148. The summed E-state index contributed by atoms with van der Waals surface area (Å²) in [5, 5.41) is 9.44. The molecule has 1 N–H and O–H groups in total. The molecule has 0 radical (unpaired) electrons. The summed E-state index contributed by atoms with van der Waals surface area (Å²) in [6.07, 6.45) is 0.0990. The zero-order valence-corrected chi connectivity index (χ0v) is 24.9. The summed E-state index contributed by atoms with van der Waals surface area (Å²) < 4.78 is 47.0. The van der Waals surface area contributed by atoms with Crippen LogP contribution in [-0.4, -0.2) is 70.0 Å². The van der Waals surface area contributed by atoms with Crippen molar-refractivity contribution in [1.82, 2.24) is 14.8 Å². The Labute approximate surface area is 250 Å². The Bertz CT molecular complexity index is 1310. The minimum atomic E-state index is -4.72. The van der Waals surface area contributed by atoms with Gasteiger partial charge in [-0.15, -0.1) is 0 Å². The fraction of sp³-hybridized carbons (Fsp3) is 0.562. The molecule has 0 spiro atoms. The second-order valence-corrected chi connectivity index (χ2v) is 12.1. The number of aliphatic carboxylic acids is 1. The van der Waals surface area contributed by atoms with Crippen molar-refractivity contribution in [1.29, 1.82) is 0 Å². The van der Waals surface area contributed by atoms with Gasteiger partial charge in [-0.3, -0.25) is 19.4 Å². The Kier molecular flexibility index (Phi) is 10.0. The van der Waals surface area contributed by atoms with Gasteiger partial charge in [0.1, 0.15) is 18.1 Å². The Hall–Kier alpha value is -3.63. The number of carbonyl (C=O) groups excluding carboxylic acids is 2.